The first-order valence-corrected chi connectivity index (χ1v) is 8.09. The summed E-state index contributed by atoms with van der Waals surface area (Å²) in [6.07, 6.45) is -0.618. The van der Waals surface area contributed by atoms with E-state index in [4.69, 9.17) is 4.74 Å². The molecule has 1 saturated carbocycles. The molecule has 0 bridgehead atoms. The summed E-state index contributed by atoms with van der Waals surface area (Å²) < 4.78 is 46.7. The average Bonchev–Trinajstić information content (AvgIpc) is 3.15. The van der Waals surface area contributed by atoms with E-state index in [1.54, 1.807) is 0 Å². The van der Waals surface area contributed by atoms with Crippen LogP contribution in [0.5, 0.6) is 0 Å². The third kappa shape index (κ3) is 3.15. The predicted molar refractivity (Wildman–Crippen MR) is 80.4 cm³/mol. The Morgan fingerprint density at radius 1 is 1.29 bits per heavy atom. The summed E-state index contributed by atoms with van der Waals surface area (Å²) in [7, 11) is 0. The minimum atomic E-state index is -2.90. The van der Waals surface area contributed by atoms with Crippen LogP contribution < -0.4 is 5.32 Å². The van der Waals surface area contributed by atoms with Crippen LogP contribution in [-0.2, 0) is 15.1 Å². The van der Waals surface area contributed by atoms with E-state index in [9.17, 15) is 23.1 Å². The first kappa shape index (κ1) is 17.2. The Kier molecular flexibility index (Phi) is 4.57. The molecule has 2 N–H and O–H groups in total. The van der Waals surface area contributed by atoms with Crippen molar-refractivity contribution in [1.82, 2.24) is 5.32 Å². The van der Waals surface area contributed by atoms with E-state index < -0.39 is 35.6 Å². The average molecular weight is 343 g/mol. The van der Waals surface area contributed by atoms with Gasteiger partial charge in [-0.25, -0.2) is 18.0 Å². The zero-order valence-electron chi connectivity index (χ0n) is 13.1. The van der Waals surface area contributed by atoms with Crippen LogP contribution in [0, 0.1) is 11.7 Å². The largest absolute Gasteiger partial charge is 0.479 e. The summed E-state index contributed by atoms with van der Waals surface area (Å²) in [5.41, 5.74) is -1.67. The number of carboxylic acids is 1. The molecular weight excluding hydrogens is 323 g/mol. The van der Waals surface area contributed by atoms with Crippen molar-refractivity contribution in [2.45, 2.75) is 43.3 Å². The van der Waals surface area contributed by atoms with Gasteiger partial charge in [0.2, 0.25) is 5.92 Å². The Labute approximate surface area is 138 Å². The highest BCUT2D eigenvalue weighted by molar-refractivity contribution is 5.80. The quantitative estimate of drug-likeness (QED) is 0.863. The molecule has 1 aromatic rings. The summed E-state index contributed by atoms with van der Waals surface area (Å²) in [6.45, 7) is 1.16. The summed E-state index contributed by atoms with van der Waals surface area (Å²) in [4.78, 5) is 12.2. The second kappa shape index (κ2) is 6.37. The lowest BCUT2D eigenvalue weighted by Crippen LogP contribution is -2.48. The van der Waals surface area contributed by atoms with Gasteiger partial charge < -0.3 is 15.2 Å². The second-order valence-electron chi connectivity index (χ2n) is 6.58. The third-order valence-corrected chi connectivity index (χ3v) is 4.94. The molecule has 2 fully saturated rings. The monoisotopic (exact) mass is 343 g/mol. The van der Waals surface area contributed by atoms with Gasteiger partial charge in [-0.3, -0.25) is 0 Å². The highest BCUT2D eigenvalue weighted by Crippen LogP contribution is 2.50. The molecule has 132 valence electrons. The molecule has 1 aromatic carbocycles. The Hall–Kier alpha value is -1.60. The van der Waals surface area contributed by atoms with E-state index in [-0.39, 0.29) is 24.5 Å². The molecule has 1 aliphatic carbocycles. The van der Waals surface area contributed by atoms with Gasteiger partial charge in [0.15, 0.2) is 5.60 Å². The van der Waals surface area contributed by atoms with Gasteiger partial charge >= 0.3 is 5.97 Å². The van der Waals surface area contributed by atoms with Crippen molar-refractivity contribution < 1.29 is 27.8 Å². The number of alkyl halides is 2. The highest BCUT2D eigenvalue weighted by atomic mass is 19.3. The molecular formula is C17H20F3NO3. The molecule has 0 amide bonds. The van der Waals surface area contributed by atoms with Gasteiger partial charge in [-0.2, -0.15) is 0 Å². The van der Waals surface area contributed by atoms with Gasteiger partial charge in [0, 0.05) is 25.3 Å². The zero-order chi connectivity index (χ0) is 17.4. The number of ether oxygens (including phenoxy) is 1. The molecule has 0 spiro atoms. The molecule has 7 heteroatoms. The normalized spacial score (nSPS) is 28.6. The van der Waals surface area contributed by atoms with E-state index in [0.717, 1.165) is 12.1 Å². The van der Waals surface area contributed by atoms with E-state index in [0.29, 0.717) is 19.5 Å². The first-order valence-electron chi connectivity index (χ1n) is 8.09. The number of hydrogen-bond acceptors (Lipinski definition) is 3. The molecule has 1 saturated heterocycles. The molecule has 1 aliphatic heterocycles. The maximum atomic E-state index is 13.8. The van der Waals surface area contributed by atoms with Crippen LogP contribution in [0.2, 0.25) is 0 Å². The lowest BCUT2D eigenvalue weighted by atomic mass is 9.79. The number of benzene rings is 1. The lowest BCUT2D eigenvalue weighted by molar-refractivity contribution is -0.188. The molecule has 24 heavy (non-hydrogen) atoms. The van der Waals surface area contributed by atoms with E-state index >= 15 is 0 Å². The standard InChI is InChI=1S/C17H20F3NO3/c18-13-3-1-11(2-4-13)17(15(22)23,24-14-6-8-21-10-14)12-5-7-16(19,20)9-12/h1-4,12,14,21H,5-10H2,(H,22,23)/t12-,14-,17+/m1/s1. The van der Waals surface area contributed by atoms with E-state index in [2.05, 4.69) is 5.32 Å². The van der Waals surface area contributed by atoms with Crippen LogP contribution in [0.1, 0.15) is 31.2 Å². The number of hydrogen-bond donors (Lipinski definition) is 2. The number of rotatable bonds is 5. The Balaban J connectivity index is 2.02. The van der Waals surface area contributed by atoms with Crippen molar-refractivity contribution in [1.29, 1.82) is 0 Å². The van der Waals surface area contributed by atoms with Crippen molar-refractivity contribution in [2.75, 3.05) is 13.1 Å². The smallest absolute Gasteiger partial charge is 0.340 e. The maximum absolute atomic E-state index is 13.8. The van der Waals surface area contributed by atoms with Crippen LogP contribution in [0.15, 0.2) is 24.3 Å². The molecule has 0 aromatic heterocycles. The van der Waals surface area contributed by atoms with E-state index in [1.165, 1.54) is 12.1 Å². The molecule has 3 rings (SSSR count). The predicted octanol–water partition coefficient (Wildman–Crippen LogP) is 2.92. The highest BCUT2D eigenvalue weighted by Gasteiger charge is 2.56. The lowest BCUT2D eigenvalue weighted by Gasteiger charge is -2.37. The number of nitrogens with one attached hydrogen (secondary N) is 1. The Morgan fingerprint density at radius 2 is 2.00 bits per heavy atom. The number of halogens is 3. The zero-order valence-corrected chi connectivity index (χ0v) is 13.1. The van der Waals surface area contributed by atoms with Gasteiger partial charge in [0.05, 0.1) is 6.10 Å². The number of carboxylic acid groups (broad SMARTS) is 1. The second-order valence-corrected chi connectivity index (χ2v) is 6.58. The van der Waals surface area contributed by atoms with Crippen LogP contribution in [0.25, 0.3) is 0 Å². The maximum Gasteiger partial charge on any atom is 0.340 e. The molecule has 0 radical (unpaired) electrons. The van der Waals surface area contributed by atoms with Crippen molar-refractivity contribution in [3.05, 3.63) is 35.6 Å². The molecule has 2 aliphatic rings. The summed E-state index contributed by atoms with van der Waals surface area (Å²) in [6, 6.07) is 4.91. The van der Waals surface area contributed by atoms with Gasteiger partial charge in [0.1, 0.15) is 5.82 Å². The van der Waals surface area contributed by atoms with Crippen molar-refractivity contribution in [3.63, 3.8) is 0 Å². The SMILES string of the molecule is O=C(O)[C@](O[C@@H]1CCNC1)(c1ccc(F)cc1)[C@@H]1CCC(F)(F)C1. The van der Waals surface area contributed by atoms with Crippen molar-refractivity contribution >= 4 is 5.97 Å². The Bertz CT molecular complexity index is 602. The van der Waals surface area contributed by atoms with E-state index in [1.807, 2.05) is 0 Å². The fraction of sp³-hybridized carbons (Fsp3) is 0.588. The topological polar surface area (TPSA) is 58.6 Å². The summed E-state index contributed by atoms with van der Waals surface area (Å²) >= 11 is 0. The van der Waals surface area contributed by atoms with Crippen LogP contribution in [-0.4, -0.2) is 36.2 Å². The number of carbonyl (C=O) groups is 1. The van der Waals surface area contributed by atoms with Crippen LogP contribution in [0.4, 0.5) is 13.2 Å². The molecule has 4 nitrogen and oxygen atoms in total. The molecule has 3 atom stereocenters. The van der Waals surface area contributed by atoms with Gasteiger partial charge in [-0.05, 0) is 37.1 Å². The number of aliphatic carboxylic acids is 1. The summed E-state index contributed by atoms with van der Waals surface area (Å²) in [5.74, 6) is -5.58. The third-order valence-electron chi connectivity index (χ3n) is 4.94. The van der Waals surface area contributed by atoms with Crippen molar-refractivity contribution in [3.8, 4) is 0 Å². The van der Waals surface area contributed by atoms with Gasteiger partial charge in [-0.15, -0.1) is 0 Å². The first-order chi connectivity index (χ1) is 11.3. The van der Waals surface area contributed by atoms with Crippen LogP contribution >= 0.6 is 0 Å². The fourth-order valence-electron chi connectivity index (χ4n) is 3.73. The Morgan fingerprint density at radius 3 is 2.50 bits per heavy atom. The van der Waals surface area contributed by atoms with Crippen LogP contribution in [0.3, 0.4) is 0 Å². The summed E-state index contributed by atoms with van der Waals surface area (Å²) in [5, 5.41) is 13.0. The molecule has 1 heterocycles. The van der Waals surface area contributed by atoms with Gasteiger partial charge in [0.25, 0.3) is 0 Å². The van der Waals surface area contributed by atoms with Gasteiger partial charge in [-0.1, -0.05) is 12.1 Å². The minimum Gasteiger partial charge on any atom is -0.479 e. The van der Waals surface area contributed by atoms with Crippen molar-refractivity contribution in [2.24, 2.45) is 5.92 Å². The minimum absolute atomic E-state index is 0.0524. The molecule has 0 unspecified atom stereocenters. The fourth-order valence-corrected chi connectivity index (χ4v) is 3.73.